The third-order valence-electron chi connectivity index (χ3n) is 7.23. The Balaban J connectivity index is 1.25. The highest BCUT2D eigenvalue weighted by Gasteiger charge is 2.22. The van der Waals surface area contributed by atoms with Crippen LogP contribution in [0.4, 0.5) is 21.6 Å². The lowest BCUT2D eigenvalue weighted by Gasteiger charge is -2.16. The summed E-state index contributed by atoms with van der Waals surface area (Å²) in [6.07, 6.45) is 7.74. The number of hydrogen-bond donors (Lipinski definition) is 2. The summed E-state index contributed by atoms with van der Waals surface area (Å²) >= 11 is 0. The fourth-order valence-corrected chi connectivity index (χ4v) is 4.99. The predicted octanol–water partition coefficient (Wildman–Crippen LogP) is 5.20. The molecule has 0 unspecified atom stereocenters. The standard InChI is InChI=1S/C30H30FN9O3/c1-4-42-26-13-23-21(12-24(26)37-30(41)22(31)11-20-6-5-9-39(20)3)29(33-15-32-23)36-19-7-8-25(18(2)10-19)43-28-14-27-38-35-17-40(27)16-34-28/h7-8,10-17,20H,4-6,9H2,1-3H3,(H,37,41)(H,32,33,36)/b22-11-/t20-/m0/s1. The molecule has 1 saturated heterocycles. The molecule has 1 aliphatic heterocycles. The van der Waals surface area contributed by atoms with E-state index in [4.69, 9.17) is 9.47 Å². The van der Waals surface area contributed by atoms with Gasteiger partial charge >= 0.3 is 0 Å². The van der Waals surface area contributed by atoms with Crippen LogP contribution in [0.1, 0.15) is 25.3 Å². The van der Waals surface area contributed by atoms with Gasteiger partial charge in [0.05, 0.1) is 17.8 Å². The molecule has 0 bridgehead atoms. The van der Waals surface area contributed by atoms with Crippen molar-refractivity contribution in [3.8, 4) is 17.4 Å². The van der Waals surface area contributed by atoms with Gasteiger partial charge in [0.2, 0.25) is 5.88 Å². The number of ether oxygens (including phenoxy) is 2. The Hall–Kier alpha value is -5.17. The number of carbonyl (C=O) groups excluding carboxylic acids is 1. The van der Waals surface area contributed by atoms with Gasteiger partial charge in [-0.15, -0.1) is 10.2 Å². The highest BCUT2D eigenvalue weighted by atomic mass is 19.1. The minimum Gasteiger partial charge on any atom is -0.492 e. The first-order valence-electron chi connectivity index (χ1n) is 13.9. The maximum atomic E-state index is 14.9. The second-order valence-electron chi connectivity index (χ2n) is 10.2. The van der Waals surface area contributed by atoms with E-state index in [9.17, 15) is 9.18 Å². The number of likely N-dealkylation sites (N-methyl/N-ethyl adjacent to an activating group) is 1. The van der Waals surface area contributed by atoms with Gasteiger partial charge in [0.15, 0.2) is 11.5 Å². The maximum absolute atomic E-state index is 14.9. The Morgan fingerprint density at radius 3 is 2.81 bits per heavy atom. The first-order chi connectivity index (χ1) is 20.9. The van der Waals surface area contributed by atoms with Crippen LogP contribution >= 0.6 is 0 Å². The minimum atomic E-state index is -0.837. The number of anilines is 3. The van der Waals surface area contributed by atoms with Crippen LogP contribution in [0.5, 0.6) is 17.4 Å². The number of fused-ring (bicyclic) bond motifs is 2. The van der Waals surface area contributed by atoms with Crippen molar-refractivity contribution in [1.82, 2.24) is 34.4 Å². The molecule has 0 spiro atoms. The summed E-state index contributed by atoms with van der Waals surface area (Å²) < 4.78 is 28.3. The summed E-state index contributed by atoms with van der Waals surface area (Å²) in [6, 6.07) is 10.6. The average Bonchev–Trinajstić information content (AvgIpc) is 3.63. The molecule has 3 aromatic heterocycles. The average molecular weight is 584 g/mol. The number of hydrogen-bond acceptors (Lipinski definition) is 10. The highest BCUT2D eigenvalue weighted by molar-refractivity contribution is 6.05. The number of aromatic nitrogens is 6. The van der Waals surface area contributed by atoms with Crippen molar-refractivity contribution in [2.75, 3.05) is 30.8 Å². The van der Waals surface area contributed by atoms with Gasteiger partial charge in [-0.25, -0.2) is 19.3 Å². The fraction of sp³-hybridized carbons (Fsp3) is 0.267. The molecule has 12 nitrogen and oxygen atoms in total. The molecule has 43 heavy (non-hydrogen) atoms. The number of benzene rings is 2. The van der Waals surface area contributed by atoms with Crippen molar-refractivity contribution in [1.29, 1.82) is 0 Å². The Morgan fingerprint density at radius 1 is 1.14 bits per heavy atom. The molecule has 1 atom stereocenters. The van der Waals surface area contributed by atoms with E-state index in [0.29, 0.717) is 52.0 Å². The molecule has 220 valence electrons. The van der Waals surface area contributed by atoms with E-state index in [2.05, 4.69) is 35.8 Å². The predicted molar refractivity (Wildman–Crippen MR) is 159 cm³/mol. The SMILES string of the molecule is CCOc1cc2ncnc(Nc3ccc(Oc4cc5nncn5cn4)c(C)c3)c2cc1NC(=O)/C(F)=C/[C@@H]1CCCN1C. The van der Waals surface area contributed by atoms with Crippen LogP contribution < -0.4 is 20.1 Å². The van der Waals surface area contributed by atoms with Crippen LogP contribution in [-0.2, 0) is 4.79 Å². The Kier molecular flexibility index (Phi) is 7.79. The lowest BCUT2D eigenvalue weighted by atomic mass is 10.1. The molecular formula is C30H30FN9O3. The molecule has 13 heteroatoms. The number of rotatable bonds is 9. The van der Waals surface area contributed by atoms with E-state index < -0.39 is 11.7 Å². The van der Waals surface area contributed by atoms with Gasteiger partial charge in [-0.1, -0.05) is 0 Å². The van der Waals surface area contributed by atoms with E-state index in [1.807, 2.05) is 44.0 Å². The summed E-state index contributed by atoms with van der Waals surface area (Å²) in [5.74, 6) is 0.231. The maximum Gasteiger partial charge on any atom is 0.284 e. The summed E-state index contributed by atoms with van der Waals surface area (Å²) in [5, 5.41) is 14.5. The zero-order valence-corrected chi connectivity index (χ0v) is 23.9. The summed E-state index contributed by atoms with van der Waals surface area (Å²) in [7, 11) is 1.92. The topological polar surface area (TPSA) is 132 Å². The van der Waals surface area contributed by atoms with Crippen LogP contribution in [0.25, 0.3) is 16.6 Å². The highest BCUT2D eigenvalue weighted by Crippen LogP contribution is 2.35. The van der Waals surface area contributed by atoms with Crippen molar-refractivity contribution in [2.24, 2.45) is 0 Å². The summed E-state index contributed by atoms with van der Waals surface area (Å²) in [6.45, 7) is 4.98. The van der Waals surface area contributed by atoms with Gasteiger partial charge in [0.25, 0.3) is 5.91 Å². The Morgan fingerprint density at radius 2 is 2.02 bits per heavy atom. The zero-order valence-electron chi connectivity index (χ0n) is 23.9. The van der Waals surface area contributed by atoms with Gasteiger partial charge in [-0.3, -0.25) is 14.1 Å². The molecular weight excluding hydrogens is 553 g/mol. The van der Waals surface area contributed by atoms with Crippen LogP contribution in [0.2, 0.25) is 0 Å². The number of amides is 1. The summed E-state index contributed by atoms with van der Waals surface area (Å²) in [4.78, 5) is 28.0. The quantitative estimate of drug-likeness (QED) is 0.223. The number of carbonyl (C=O) groups is 1. The number of halogens is 1. The largest absolute Gasteiger partial charge is 0.492 e. The third-order valence-corrected chi connectivity index (χ3v) is 7.23. The second-order valence-corrected chi connectivity index (χ2v) is 10.2. The molecule has 2 N–H and O–H groups in total. The van der Waals surface area contributed by atoms with E-state index in [1.165, 1.54) is 12.4 Å². The third kappa shape index (κ3) is 6.06. The molecule has 5 aromatic rings. The van der Waals surface area contributed by atoms with Crippen molar-refractivity contribution in [3.05, 3.63) is 72.8 Å². The second kappa shape index (κ2) is 12.0. The van der Waals surface area contributed by atoms with Crippen LogP contribution in [0, 0.1) is 6.92 Å². The number of nitrogens with one attached hydrogen (secondary N) is 2. The van der Waals surface area contributed by atoms with Gasteiger partial charge in [-0.2, -0.15) is 0 Å². The van der Waals surface area contributed by atoms with Crippen LogP contribution in [-0.4, -0.2) is 66.6 Å². The molecule has 0 radical (unpaired) electrons. The van der Waals surface area contributed by atoms with Crippen molar-refractivity contribution < 1.29 is 18.7 Å². The first-order valence-corrected chi connectivity index (χ1v) is 13.9. The van der Waals surface area contributed by atoms with E-state index in [0.717, 1.165) is 30.6 Å². The smallest absolute Gasteiger partial charge is 0.284 e. The van der Waals surface area contributed by atoms with Crippen LogP contribution in [0.15, 0.2) is 67.3 Å². The number of likely N-dealkylation sites (tertiary alicyclic amines) is 1. The molecule has 6 rings (SSSR count). The lowest BCUT2D eigenvalue weighted by Crippen LogP contribution is -2.24. The van der Waals surface area contributed by atoms with Crippen LogP contribution in [0.3, 0.4) is 0 Å². The van der Waals surface area contributed by atoms with E-state index in [-0.39, 0.29) is 6.04 Å². The first kappa shape index (κ1) is 28.0. The molecule has 2 aromatic carbocycles. The van der Waals surface area contributed by atoms with Gasteiger partial charge < -0.3 is 20.1 Å². The van der Waals surface area contributed by atoms with E-state index in [1.54, 1.807) is 35.3 Å². The summed E-state index contributed by atoms with van der Waals surface area (Å²) in [5.41, 5.74) is 3.14. The van der Waals surface area contributed by atoms with Gasteiger partial charge in [-0.05, 0) is 76.2 Å². The van der Waals surface area contributed by atoms with Gasteiger partial charge in [0.1, 0.15) is 36.3 Å². The number of nitrogens with zero attached hydrogens (tertiary/aromatic N) is 7. The molecule has 1 aliphatic rings. The van der Waals surface area contributed by atoms with Crippen molar-refractivity contribution >= 4 is 39.6 Å². The Bertz CT molecular complexity index is 1840. The molecule has 4 heterocycles. The minimum absolute atomic E-state index is 0.105. The lowest BCUT2D eigenvalue weighted by molar-refractivity contribution is -0.114. The zero-order chi connectivity index (χ0) is 29.9. The monoisotopic (exact) mass is 583 g/mol. The normalized spacial score (nSPS) is 15.6. The molecule has 1 fully saturated rings. The molecule has 1 amide bonds. The fourth-order valence-electron chi connectivity index (χ4n) is 4.99. The Labute approximate surface area is 246 Å². The number of aryl methyl sites for hydroxylation is 1. The van der Waals surface area contributed by atoms with Gasteiger partial charge in [0, 0.05) is 29.2 Å². The van der Waals surface area contributed by atoms with Crippen molar-refractivity contribution in [2.45, 2.75) is 32.7 Å². The van der Waals surface area contributed by atoms with E-state index >= 15 is 0 Å². The molecule has 0 saturated carbocycles. The molecule has 0 aliphatic carbocycles. The van der Waals surface area contributed by atoms with Crippen molar-refractivity contribution in [3.63, 3.8) is 0 Å².